The largest absolute Gasteiger partial charge is 0.461 e. The first-order valence-electron chi connectivity index (χ1n) is 5.68. The van der Waals surface area contributed by atoms with Crippen molar-refractivity contribution in [3.63, 3.8) is 0 Å². The number of hydrogen-bond acceptors (Lipinski definition) is 4. The predicted molar refractivity (Wildman–Crippen MR) is 72.8 cm³/mol. The molecule has 0 atom stereocenters. The number of ether oxygens (including phenoxy) is 1. The minimum absolute atomic E-state index is 0.141. The van der Waals surface area contributed by atoms with Gasteiger partial charge in [0.1, 0.15) is 12.4 Å². The van der Waals surface area contributed by atoms with Crippen LogP contribution in [0.3, 0.4) is 0 Å². The molecule has 0 aliphatic rings. The lowest BCUT2D eigenvalue weighted by Crippen LogP contribution is -2.00. The highest BCUT2D eigenvalue weighted by molar-refractivity contribution is 6.62. The standard InChI is InChI=1S/C12H14O3.C2H3ClO/c1-9(13)7-11-3-5-12(6-4-11)8-15-10(2)14;1-2(3)4/h3-6H,7-8H2,1-2H3;1H3. The van der Waals surface area contributed by atoms with E-state index in [0.717, 1.165) is 11.1 Å². The Balaban J connectivity index is 0.000000711. The van der Waals surface area contributed by atoms with E-state index in [0.29, 0.717) is 6.42 Å². The van der Waals surface area contributed by atoms with Crippen LogP contribution in [0, 0.1) is 0 Å². The highest BCUT2D eigenvalue weighted by atomic mass is 35.5. The van der Waals surface area contributed by atoms with Gasteiger partial charge in [-0.1, -0.05) is 24.3 Å². The normalized spacial score (nSPS) is 9.05. The zero-order valence-corrected chi connectivity index (χ0v) is 12.0. The smallest absolute Gasteiger partial charge is 0.302 e. The lowest BCUT2D eigenvalue weighted by atomic mass is 10.1. The van der Waals surface area contributed by atoms with Gasteiger partial charge in [0.25, 0.3) is 0 Å². The third-order valence-electron chi connectivity index (χ3n) is 1.92. The fourth-order valence-corrected chi connectivity index (χ4v) is 1.23. The summed E-state index contributed by atoms with van der Waals surface area (Å²) in [6, 6.07) is 7.48. The Morgan fingerprint density at radius 1 is 1.00 bits per heavy atom. The van der Waals surface area contributed by atoms with Crippen molar-refractivity contribution in [1.82, 2.24) is 0 Å². The van der Waals surface area contributed by atoms with Crippen molar-refractivity contribution in [2.45, 2.75) is 33.8 Å². The minimum Gasteiger partial charge on any atom is -0.461 e. The molecular formula is C14H17ClO4. The predicted octanol–water partition coefficient (Wildman–Crippen LogP) is 2.65. The van der Waals surface area contributed by atoms with E-state index in [4.69, 9.17) is 4.74 Å². The quantitative estimate of drug-likeness (QED) is 0.630. The van der Waals surface area contributed by atoms with E-state index in [2.05, 4.69) is 11.6 Å². The van der Waals surface area contributed by atoms with Gasteiger partial charge in [-0.25, -0.2) is 0 Å². The van der Waals surface area contributed by atoms with E-state index in [1.165, 1.54) is 13.8 Å². The van der Waals surface area contributed by atoms with Gasteiger partial charge in [0, 0.05) is 20.3 Å². The Hall–Kier alpha value is -1.68. The molecule has 5 heteroatoms. The number of halogens is 1. The van der Waals surface area contributed by atoms with Crippen molar-refractivity contribution in [2.24, 2.45) is 0 Å². The van der Waals surface area contributed by atoms with Gasteiger partial charge in [-0.15, -0.1) is 0 Å². The molecule has 0 saturated heterocycles. The van der Waals surface area contributed by atoms with Gasteiger partial charge < -0.3 is 4.74 Å². The number of hydrogen-bond donors (Lipinski definition) is 0. The molecule has 0 unspecified atom stereocenters. The molecule has 0 aliphatic heterocycles. The molecule has 104 valence electrons. The molecule has 0 N–H and O–H groups in total. The van der Waals surface area contributed by atoms with Crippen molar-refractivity contribution < 1.29 is 19.1 Å². The highest BCUT2D eigenvalue weighted by Crippen LogP contribution is 2.06. The van der Waals surface area contributed by atoms with E-state index >= 15 is 0 Å². The Bertz CT molecular complexity index is 433. The summed E-state index contributed by atoms with van der Waals surface area (Å²) in [5.41, 5.74) is 1.91. The van der Waals surface area contributed by atoms with Crippen molar-refractivity contribution in [3.8, 4) is 0 Å². The molecule has 0 saturated carbocycles. The summed E-state index contributed by atoms with van der Waals surface area (Å²) in [5.74, 6) is -0.148. The number of rotatable bonds is 4. The van der Waals surface area contributed by atoms with Gasteiger partial charge in [-0.05, 0) is 29.7 Å². The molecule has 19 heavy (non-hydrogen) atoms. The van der Waals surface area contributed by atoms with Gasteiger partial charge in [-0.2, -0.15) is 0 Å². The molecule has 0 fully saturated rings. The maximum atomic E-state index is 10.8. The average molecular weight is 285 g/mol. The number of carbonyl (C=O) groups excluding carboxylic acids is 3. The number of esters is 1. The molecule has 0 aromatic heterocycles. The van der Waals surface area contributed by atoms with Crippen LogP contribution in [0.15, 0.2) is 24.3 Å². The zero-order chi connectivity index (χ0) is 14.8. The number of benzene rings is 1. The van der Waals surface area contributed by atoms with Crippen LogP contribution in [0.1, 0.15) is 31.9 Å². The van der Waals surface area contributed by atoms with E-state index in [1.54, 1.807) is 6.92 Å². The van der Waals surface area contributed by atoms with Gasteiger partial charge in [-0.3, -0.25) is 14.4 Å². The summed E-state index contributed by atoms with van der Waals surface area (Å²) in [6.07, 6.45) is 0.452. The molecule has 0 bridgehead atoms. The van der Waals surface area contributed by atoms with Gasteiger partial charge in [0.15, 0.2) is 0 Å². The summed E-state index contributed by atoms with van der Waals surface area (Å²) in [6.45, 7) is 4.52. The fraction of sp³-hybridized carbons (Fsp3) is 0.357. The Morgan fingerprint density at radius 2 is 1.42 bits per heavy atom. The van der Waals surface area contributed by atoms with Crippen molar-refractivity contribution in [3.05, 3.63) is 35.4 Å². The molecule has 1 aromatic rings. The number of carbonyl (C=O) groups is 3. The molecule has 1 rings (SSSR count). The van der Waals surface area contributed by atoms with E-state index in [1.807, 2.05) is 24.3 Å². The summed E-state index contributed by atoms with van der Waals surface area (Å²) < 4.78 is 4.84. The van der Waals surface area contributed by atoms with Crippen LogP contribution in [0.25, 0.3) is 0 Å². The van der Waals surface area contributed by atoms with Crippen molar-refractivity contribution >= 4 is 28.6 Å². The summed E-state index contributed by atoms with van der Waals surface area (Å²) >= 11 is 4.64. The maximum Gasteiger partial charge on any atom is 0.302 e. The molecule has 4 nitrogen and oxygen atoms in total. The molecular weight excluding hydrogens is 268 g/mol. The minimum atomic E-state index is -0.361. The van der Waals surface area contributed by atoms with Gasteiger partial charge in [0.2, 0.25) is 5.24 Å². The monoisotopic (exact) mass is 284 g/mol. The lowest BCUT2D eigenvalue weighted by molar-refractivity contribution is -0.142. The van der Waals surface area contributed by atoms with Crippen molar-refractivity contribution in [1.29, 1.82) is 0 Å². The molecule has 0 heterocycles. The summed E-state index contributed by atoms with van der Waals surface area (Å²) in [5, 5.41) is -0.361. The average Bonchev–Trinajstić information content (AvgIpc) is 2.26. The Labute approximate surface area is 117 Å². The number of ketones is 1. The van der Waals surface area contributed by atoms with Crippen LogP contribution >= 0.6 is 11.6 Å². The SMILES string of the molecule is CC(=O)Cc1ccc(COC(C)=O)cc1.CC(=O)Cl. The third kappa shape index (κ3) is 11.2. The van der Waals surface area contributed by atoms with Crippen LogP contribution in [0.5, 0.6) is 0 Å². The van der Waals surface area contributed by atoms with Crippen LogP contribution in [0.4, 0.5) is 0 Å². The first-order chi connectivity index (χ1) is 8.81. The molecule has 0 spiro atoms. The van der Waals surface area contributed by atoms with E-state index in [-0.39, 0.29) is 23.6 Å². The Kier molecular flexibility index (Phi) is 8.46. The second-order valence-electron chi connectivity index (χ2n) is 3.95. The maximum absolute atomic E-state index is 10.8. The Morgan fingerprint density at radius 3 is 1.79 bits per heavy atom. The zero-order valence-electron chi connectivity index (χ0n) is 11.2. The van der Waals surface area contributed by atoms with Crippen LogP contribution in [-0.2, 0) is 32.1 Å². The van der Waals surface area contributed by atoms with E-state index in [9.17, 15) is 14.4 Å². The summed E-state index contributed by atoms with van der Waals surface area (Å²) in [7, 11) is 0. The van der Waals surface area contributed by atoms with Crippen LogP contribution in [0.2, 0.25) is 0 Å². The first-order valence-corrected chi connectivity index (χ1v) is 6.05. The summed E-state index contributed by atoms with van der Waals surface area (Å²) in [4.78, 5) is 30.6. The molecule has 1 aromatic carbocycles. The van der Waals surface area contributed by atoms with Gasteiger partial charge >= 0.3 is 5.97 Å². The third-order valence-corrected chi connectivity index (χ3v) is 1.92. The van der Waals surface area contributed by atoms with Crippen LogP contribution < -0.4 is 0 Å². The van der Waals surface area contributed by atoms with E-state index < -0.39 is 0 Å². The van der Waals surface area contributed by atoms with Crippen LogP contribution in [-0.4, -0.2) is 17.0 Å². The highest BCUT2D eigenvalue weighted by Gasteiger charge is 1.99. The fourth-order valence-electron chi connectivity index (χ4n) is 1.23. The lowest BCUT2D eigenvalue weighted by Gasteiger charge is -2.03. The molecule has 0 amide bonds. The molecule has 0 aliphatic carbocycles. The first kappa shape index (κ1) is 17.3. The topological polar surface area (TPSA) is 60.4 Å². The second-order valence-corrected chi connectivity index (χ2v) is 4.48. The second kappa shape index (κ2) is 9.28. The number of Topliss-reactive ketones (excluding diaryl/α,β-unsaturated/α-hetero) is 1. The van der Waals surface area contributed by atoms with Crippen molar-refractivity contribution in [2.75, 3.05) is 0 Å². The molecule has 0 radical (unpaired) electrons. The van der Waals surface area contributed by atoms with Gasteiger partial charge in [0.05, 0.1) is 0 Å².